The number of hydrogen-bond donors (Lipinski definition) is 0. The Kier molecular flexibility index (Phi) is 6.80. The van der Waals surface area contributed by atoms with Gasteiger partial charge in [0.1, 0.15) is 11.6 Å². The maximum absolute atomic E-state index is 11.3. The van der Waals surface area contributed by atoms with Crippen molar-refractivity contribution < 1.29 is 19.1 Å². The van der Waals surface area contributed by atoms with Crippen molar-refractivity contribution in [3.05, 3.63) is 11.6 Å². The summed E-state index contributed by atoms with van der Waals surface area (Å²) in [6.07, 6.45) is 0.940. The second-order valence-corrected chi connectivity index (χ2v) is 2.77. The van der Waals surface area contributed by atoms with E-state index in [1.54, 1.807) is 26.0 Å². The van der Waals surface area contributed by atoms with Gasteiger partial charge in [-0.25, -0.2) is 4.79 Å². The molecule has 0 amide bonds. The minimum Gasteiger partial charge on any atom is -0.465 e. The predicted octanol–water partition coefficient (Wildman–Crippen LogP) is 0.702. The lowest BCUT2D eigenvalue weighted by molar-refractivity contribution is -0.144. The Balaban J connectivity index is 4.93. The molecule has 0 rings (SSSR count). The molecule has 0 saturated heterocycles. The SMILES string of the molecule is CCOC(=O)/C(C#N)=C/C(C#N)C(=O)OCC. The summed E-state index contributed by atoms with van der Waals surface area (Å²) < 4.78 is 9.20. The smallest absolute Gasteiger partial charge is 0.348 e. The molecule has 6 heteroatoms. The van der Waals surface area contributed by atoms with Crippen LogP contribution in [0.3, 0.4) is 0 Å². The number of esters is 2. The van der Waals surface area contributed by atoms with Crippen molar-refractivity contribution >= 4 is 11.9 Å². The molecule has 0 aromatic rings. The van der Waals surface area contributed by atoms with E-state index in [0.717, 1.165) is 6.08 Å². The van der Waals surface area contributed by atoms with Crippen molar-refractivity contribution in [2.24, 2.45) is 5.92 Å². The molecule has 0 radical (unpaired) electrons. The average molecular weight is 236 g/mol. The van der Waals surface area contributed by atoms with Crippen LogP contribution in [0, 0.1) is 28.6 Å². The molecule has 0 aliphatic rings. The normalized spacial score (nSPS) is 11.9. The number of carbonyl (C=O) groups is 2. The first-order valence-corrected chi connectivity index (χ1v) is 4.95. The van der Waals surface area contributed by atoms with E-state index in [2.05, 4.69) is 9.47 Å². The molecular weight excluding hydrogens is 224 g/mol. The molecule has 17 heavy (non-hydrogen) atoms. The van der Waals surface area contributed by atoms with Gasteiger partial charge in [-0.2, -0.15) is 10.5 Å². The van der Waals surface area contributed by atoms with E-state index in [1.807, 2.05) is 0 Å². The maximum Gasteiger partial charge on any atom is 0.348 e. The Labute approximate surface area is 99.0 Å². The highest BCUT2D eigenvalue weighted by Crippen LogP contribution is 2.07. The number of rotatable bonds is 5. The van der Waals surface area contributed by atoms with Crippen LogP contribution in [0.15, 0.2) is 11.6 Å². The Hall–Kier alpha value is -2.34. The quantitative estimate of drug-likeness (QED) is 0.395. The van der Waals surface area contributed by atoms with Crippen molar-refractivity contribution in [2.45, 2.75) is 13.8 Å². The standard InChI is InChI=1S/C11H12N2O4/c1-3-16-10(14)8(6-12)5-9(7-13)11(15)17-4-2/h5,8H,3-4H2,1-2H3/b9-5+. The summed E-state index contributed by atoms with van der Waals surface area (Å²) in [6, 6.07) is 3.21. The Morgan fingerprint density at radius 1 is 1.24 bits per heavy atom. The maximum atomic E-state index is 11.3. The summed E-state index contributed by atoms with van der Waals surface area (Å²) >= 11 is 0. The zero-order chi connectivity index (χ0) is 13.3. The lowest BCUT2D eigenvalue weighted by atomic mass is 10.1. The molecule has 0 aliphatic carbocycles. The van der Waals surface area contributed by atoms with E-state index in [4.69, 9.17) is 10.5 Å². The van der Waals surface area contributed by atoms with Crippen LogP contribution in [-0.4, -0.2) is 25.2 Å². The number of ether oxygens (including phenoxy) is 2. The predicted molar refractivity (Wildman–Crippen MR) is 56.1 cm³/mol. The van der Waals surface area contributed by atoms with Gasteiger partial charge in [-0.3, -0.25) is 4.79 Å². The van der Waals surface area contributed by atoms with Gasteiger partial charge >= 0.3 is 11.9 Å². The number of nitriles is 2. The van der Waals surface area contributed by atoms with Crippen LogP contribution in [0.25, 0.3) is 0 Å². The Bertz CT molecular complexity index is 401. The van der Waals surface area contributed by atoms with E-state index in [9.17, 15) is 9.59 Å². The van der Waals surface area contributed by atoms with Crippen molar-refractivity contribution in [1.82, 2.24) is 0 Å². The molecule has 0 fully saturated rings. The molecule has 0 aromatic carbocycles. The first kappa shape index (κ1) is 14.7. The lowest BCUT2D eigenvalue weighted by Crippen LogP contribution is -2.16. The highest BCUT2D eigenvalue weighted by Gasteiger charge is 2.20. The zero-order valence-corrected chi connectivity index (χ0v) is 9.60. The van der Waals surface area contributed by atoms with E-state index in [-0.39, 0.29) is 18.8 Å². The van der Waals surface area contributed by atoms with Crippen LogP contribution in [0.1, 0.15) is 13.8 Å². The largest absolute Gasteiger partial charge is 0.465 e. The van der Waals surface area contributed by atoms with Crippen LogP contribution in [-0.2, 0) is 19.1 Å². The summed E-state index contributed by atoms with van der Waals surface area (Å²) in [5, 5.41) is 17.4. The minimum absolute atomic E-state index is 0.106. The fraction of sp³-hybridized carbons (Fsp3) is 0.455. The third-order valence-electron chi connectivity index (χ3n) is 1.63. The molecule has 1 atom stereocenters. The molecule has 90 valence electrons. The van der Waals surface area contributed by atoms with E-state index in [0.29, 0.717) is 0 Å². The van der Waals surface area contributed by atoms with Gasteiger partial charge < -0.3 is 9.47 Å². The van der Waals surface area contributed by atoms with Gasteiger partial charge in [-0.1, -0.05) is 0 Å². The van der Waals surface area contributed by atoms with E-state index >= 15 is 0 Å². The van der Waals surface area contributed by atoms with Crippen molar-refractivity contribution in [3.63, 3.8) is 0 Å². The number of nitrogens with zero attached hydrogens (tertiary/aromatic N) is 2. The molecule has 0 heterocycles. The van der Waals surface area contributed by atoms with Gasteiger partial charge in [0.2, 0.25) is 0 Å². The molecule has 6 nitrogen and oxygen atoms in total. The molecule has 0 bridgehead atoms. The molecule has 0 spiro atoms. The first-order chi connectivity index (χ1) is 8.10. The average Bonchev–Trinajstić information content (AvgIpc) is 2.31. The molecular formula is C11H12N2O4. The zero-order valence-electron chi connectivity index (χ0n) is 9.60. The van der Waals surface area contributed by atoms with Crippen molar-refractivity contribution in [1.29, 1.82) is 10.5 Å². The third-order valence-corrected chi connectivity index (χ3v) is 1.63. The summed E-state index contributed by atoms with van der Waals surface area (Å²) in [5.41, 5.74) is -0.383. The van der Waals surface area contributed by atoms with Gasteiger partial charge in [-0.05, 0) is 19.9 Å². The van der Waals surface area contributed by atoms with Crippen LogP contribution < -0.4 is 0 Å². The lowest BCUT2D eigenvalue weighted by Gasteiger charge is -2.04. The van der Waals surface area contributed by atoms with Gasteiger partial charge in [0.15, 0.2) is 5.92 Å². The number of carbonyl (C=O) groups excluding carboxylic acids is 2. The molecule has 1 unspecified atom stereocenters. The van der Waals surface area contributed by atoms with Gasteiger partial charge in [0.05, 0.1) is 19.3 Å². The molecule has 0 N–H and O–H groups in total. The first-order valence-electron chi connectivity index (χ1n) is 4.95. The van der Waals surface area contributed by atoms with Crippen LogP contribution in [0.5, 0.6) is 0 Å². The summed E-state index contributed by atoms with van der Waals surface area (Å²) in [4.78, 5) is 22.5. The highest BCUT2D eigenvalue weighted by molar-refractivity contribution is 5.94. The third kappa shape index (κ3) is 4.80. The topological polar surface area (TPSA) is 100 Å². The Morgan fingerprint density at radius 2 is 1.82 bits per heavy atom. The van der Waals surface area contributed by atoms with Crippen LogP contribution in [0.2, 0.25) is 0 Å². The Morgan fingerprint density at radius 3 is 2.24 bits per heavy atom. The fourth-order valence-corrected chi connectivity index (χ4v) is 0.917. The summed E-state index contributed by atoms with van der Waals surface area (Å²) in [5.74, 6) is -2.94. The fourth-order valence-electron chi connectivity index (χ4n) is 0.917. The second-order valence-electron chi connectivity index (χ2n) is 2.77. The van der Waals surface area contributed by atoms with Gasteiger partial charge in [-0.15, -0.1) is 0 Å². The van der Waals surface area contributed by atoms with E-state index in [1.165, 1.54) is 0 Å². The van der Waals surface area contributed by atoms with Crippen molar-refractivity contribution in [3.8, 4) is 12.1 Å². The van der Waals surface area contributed by atoms with Crippen LogP contribution in [0.4, 0.5) is 0 Å². The molecule has 0 aliphatic heterocycles. The van der Waals surface area contributed by atoms with E-state index < -0.39 is 17.9 Å². The second kappa shape index (κ2) is 7.89. The highest BCUT2D eigenvalue weighted by atomic mass is 16.5. The van der Waals surface area contributed by atoms with Crippen molar-refractivity contribution in [2.75, 3.05) is 13.2 Å². The molecule has 0 aromatic heterocycles. The van der Waals surface area contributed by atoms with Crippen LogP contribution >= 0.6 is 0 Å². The molecule has 0 saturated carbocycles. The summed E-state index contributed by atoms with van der Waals surface area (Å²) in [6.45, 7) is 3.40. The minimum atomic E-state index is -1.28. The van der Waals surface area contributed by atoms with Gasteiger partial charge in [0.25, 0.3) is 0 Å². The van der Waals surface area contributed by atoms with Gasteiger partial charge in [0, 0.05) is 0 Å². The monoisotopic (exact) mass is 236 g/mol. The number of hydrogen-bond acceptors (Lipinski definition) is 6. The summed E-state index contributed by atoms with van der Waals surface area (Å²) in [7, 11) is 0.